The average molecular weight is 327 g/mol. The Morgan fingerprint density at radius 2 is 2.12 bits per heavy atom. The lowest BCUT2D eigenvalue weighted by atomic mass is 10.00. The van der Waals surface area contributed by atoms with E-state index in [2.05, 4.69) is 30.4 Å². The quantitative estimate of drug-likeness (QED) is 0.739. The Labute approximate surface area is 139 Å². The minimum Gasteiger partial charge on any atom is -0.391 e. The molecule has 0 aliphatic carbocycles. The summed E-state index contributed by atoms with van der Waals surface area (Å²) >= 11 is 0. The third-order valence-electron chi connectivity index (χ3n) is 4.85. The Kier molecular flexibility index (Phi) is 3.49. The summed E-state index contributed by atoms with van der Waals surface area (Å²) in [4.78, 5) is 2.20. The van der Waals surface area contributed by atoms with Crippen LogP contribution in [0.4, 0.5) is 5.69 Å². The number of hydrogen-bond donors (Lipinski definition) is 2. The van der Waals surface area contributed by atoms with E-state index in [4.69, 9.17) is 0 Å². The number of aryl methyl sites for hydroxylation is 2. The van der Waals surface area contributed by atoms with Crippen LogP contribution in [-0.4, -0.2) is 54.3 Å². The van der Waals surface area contributed by atoms with Crippen LogP contribution >= 0.6 is 0 Å². The van der Waals surface area contributed by atoms with E-state index in [-0.39, 0.29) is 5.92 Å². The van der Waals surface area contributed by atoms with Crippen LogP contribution < -0.4 is 4.90 Å². The van der Waals surface area contributed by atoms with E-state index in [0.717, 1.165) is 46.9 Å². The zero-order chi connectivity index (χ0) is 16.8. The van der Waals surface area contributed by atoms with Crippen molar-refractivity contribution in [2.75, 3.05) is 18.0 Å². The van der Waals surface area contributed by atoms with Crippen molar-refractivity contribution < 1.29 is 5.11 Å². The minimum atomic E-state index is -0.391. The van der Waals surface area contributed by atoms with Crippen LogP contribution in [0.2, 0.25) is 0 Å². The molecule has 1 saturated heterocycles. The Hall–Kier alpha value is -2.48. The molecule has 0 aromatic carbocycles. The predicted molar refractivity (Wildman–Crippen MR) is 89.0 cm³/mol. The van der Waals surface area contributed by atoms with Crippen LogP contribution in [0.15, 0.2) is 12.4 Å². The molecule has 1 fully saturated rings. The second-order valence-electron chi connectivity index (χ2n) is 6.64. The first-order valence-electron chi connectivity index (χ1n) is 8.14. The molecule has 2 atom stereocenters. The maximum Gasteiger partial charge on any atom is 0.201 e. The van der Waals surface area contributed by atoms with E-state index >= 15 is 0 Å². The zero-order valence-corrected chi connectivity index (χ0v) is 14.1. The Morgan fingerprint density at radius 3 is 2.88 bits per heavy atom. The lowest BCUT2D eigenvalue weighted by molar-refractivity contribution is 0.148. The first kappa shape index (κ1) is 15.1. The summed E-state index contributed by atoms with van der Waals surface area (Å²) in [6.07, 6.45) is 1.98. The summed E-state index contributed by atoms with van der Waals surface area (Å²) in [5.41, 5.74) is 5.81. The molecule has 4 heterocycles. The summed E-state index contributed by atoms with van der Waals surface area (Å²) in [7, 11) is 0. The molecule has 0 amide bonds. The van der Waals surface area contributed by atoms with Gasteiger partial charge in [-0.25, -0.2) is 0 Å². The maximum atomic E-state index is 10.5. The van der Waals surface area contributed by atoms with Crippen molar-refractivity contribution in [3.05, 3.63) is 35.0 Å². The highest BCUT2D eigenvalue weighted by atomic mass is 16.3. The predicted octanol–water partition coefficient (Wildman–Crippen LogP) is 0.812. The molecular weight excluding hydrogens is 306 g/mol. The second kappa shape index (κ2) is 5.55. The van der Waals surface area contributed by atoms with Gasteiger partial charge >= 0.3 is 0 Å². The molecule has 126 valence electrons. The van der Waals surface area contributed by atoms with Gasteiger partial charge in [0, 0.05) is 24.7 Å². The molecule has 0 bridgehead atoms. The van der Waals surface area contributed by atoms with Gasteiger partial charge in [-0.05, 0) is 38.8 Å². The van der Waals surface area contributed by atoms with Gasteiger partial charge in [-0.2, -0.15) is 14.7 Å². The van der Waals surface area contributed by atoms with E-state index < -0.39 is 6.10 Å². The van der Waals surface area contributed by atoms with E-state index in [1.54, 1.807) is 10.8 Å². The van der Waals surface area contributed by atoms with Crippen LogP contribution in [0.25, 0.3) is 5.65 Å². The Morgan fingerprint density at radius 1 is 1.29 bits per heavy atom. The van der Waals surface area contributed by atoms with E-state index in [9.17, 15) is 5.11 Å². The van der Waals surface area contributed by atoms with Crippen LogP contribution in [0, 0.1) is 26.7 Å². The summed E-state index contributed by atoms with van der Waals surface area (Å²) in [6, 6.07) is 2.04. The fraction of sp³-hybridized carbons (Fsp3) is 0.500. The highest BCUT2D eigenvalue weighted by Crippen LogP contribution is 2.32. The monoisotopic (exact) mass is 327 g/mol. The van der Waals surface area contributed by atoms with Gasteiger partial charge in [0.1, 0.15) is 6.33 Å². The molecule has 1 aliphatic rings. The van der Waals surface area contributed by atoms with E-state index in [0.29, 0.717) is 6.54 Å². The largest absolute Gasteiger partial charge is 0.391 e. The number of nitrogens with zero attached hydrogens (tertiary/aromatic N) is 6. The number of aliphatic hydroxyl groups excluding tert-OH is 1. The molecule has 3 aromatic heterocycles. The fourth-order valence-electron chi connectivity index (χ4n) is 3.50. The smallest absolute Gasteiger partial charge is 0.201 e. The molecule has 8 nitrogen and oxygen atoms in total. The molecule has 0 saturated carbocycles. The Bertz CT molecular complexity index is 884. The normalized spacial score (nSPS) is 21.1. The number of β-amino-alcohol motifs (C(OH)–C–C–N with tert-alkyl or cyclic N) is 1. The van der Waals surface area contributed by atoms with Crippen molar-refractivity contribution in [3.8, 4) is 0 Å². The Balaban J connectivity index is 1.64. The number of fused-ring (bicyclic) bond motifs is 1. The van der Waals surface area contributed by atoms with E-state index in [1.165, 1.54) is 0 Å². The highest BCUT2D eigenvalue weighted by Gasteiger charge is 2.34. The number of anilines is 1. The third-order valence-corrected chi connectivity index (χ3v) is 4.85. The molecule has 3 aromatic rings. The maximum absolute atomic E-state index is 10.5. The number of aliphatic hydroxyl groups is 1. The van der Waals surface area contributed by atoms with Crippen LogP contribution in [0.1, 0.15) is 22.6 Å². The standard InChI is InChI=1S/C16H21N7O/c1-9-4-13(19-18-9)5-12-6-22(7-14(12)24)15-10(2)11(3)21-23-8-17-20-16(15)23/h4,8,12,14,24H,5-7H2,1-3H3,(H,18,19)/t12-,14-/m1/s1. The zero-order valence-electron chi connectivity index (χ0n) is 14.1. The van der Waals surface area contributed by atoms with Crippen molar-refractivity contribution in [2.45, 2.75) is 33.3 Å². The molecule has 8 heteroatoms. The fourth-order valence-corrected chi connectivity index (χ4v) is 3.50. The molecule has 0 unspecified atom stereocenters. The van der Waals surface area contributed by atoms with Crippen LogP contribution in [0.3, 0.4) is 0 Å². The van der Waals surface area contributed by atoms with Gasteiger partial charge in [0.25, 0.3) is 0 Å². The number of H-pyrrole nitrogens is 1. The lowest BCUT2D eigenvalue weighted by Gasteiger charge is -2.21. The van der Waals surface area contributed by atoms with E-state index in [1.807, 2.05) is 26.8 Å². The topological polar surface area (TPSA) is 95.2 Å². The molecule has 24 heavy (non-hydrogen) atoms. The van der Waals surface area contributed by atoms with Gasteiger partial charge in [-0.1, -0.05) is 0 Å². The minimum absolute atomic E-state index is 0.142. The molecule has 0 radical (unpaired) electrons. The highest BCUT2D eigenvalue weighted by molar-refractivity contribution is 5.73. The van der Waals surface area contributed by atoms with Gasteiger partial charge in [-0.15, -0.1) is 10.2 Å². The summed E-state index contributed by atoms with van der Waals surface area (Å²) < 4.78 is 1.70. The van der Waals surface area contributed by atoms with Crippen molar-refractivity contribution in [1.29, 1.82) is 0 Å². The number of rotatable bonds is 3. The summed E-state index contributed by atoms with van der Waals surface area (Å²) in [6.45, 7) is 7.36. The second-order valence-corrected chi connectivity index (χ2v) is 6.64. The SMILES string of the molecule is Cc1cc(C[C@@H]2CN(c3c(C)c(C)nn4cnnc34)C[C@H]2O)n[nH]1. The summed E-state index contributed by atoms with van der Waals surface area (Å²) in [5.74, 6) is 0.142. The molecule has 0 spiro atoms. The molecule has 1 aliphatic heterocycles. The molecular formula is C16H21N7O. The summed E-state index contributed by atoms with van der Waals surface area (Å²) in [5, 5.41) is 30.4. The lowest BCUT2D eigenvalue weighted by Crippen LogP contribution is -2.23. The van der Waals surface area contributed by atoms with Gasteiger partial charge in [0.2, 0.25) is 5.65 Å². The van der Waals surface area contributed by atoms with Crippen LogP contribution in [-0.2, 0) is 6.42 Å². The van der Waals surface area contributed by atoms with Gasteiger partial charge in [0.15, 0.2) is 0 Å². The first-order chi connectivity index (χ1) is 11.5. The van der Waals surface area contributed by atoms with Crippen molar-refractivity contribution in [2.24, 2.45) is 5.92 Å². The van der Waals surface area contributed by atoms with Crippen molar-refractivity contribution in [1.82, 2.24) is 30.0 Å². The van der Waals surface area contributed by atoms with Gasteiger partial charge in [-0.3, -0.25) is 5.10 Å². The number of nitrogens with one attached hydrogen (secondary N) is 1. The van der Waals surface area contributed by atoms with Crippen molar-refractivity contribution >= 4 is 11.3 Å². The van der Waals surface area contributed by atoms with Crippen molar-refractivity contribution in [3.63, 3.8) is 0 Å². The number of aromatic amines is 1. The average Bonchev–Trinajstić information content (AvgIpc) is 3.23. The van der Waals surface area contributed by atoms with Gasteiger partial charge in [0.05, 0.1) is 23.2 Å². The molecule has 2 N–H and O–H groups in total. The molecule has 4 rings (SSSR count). The van der Waals surface area contributed by atoms with Gasteiger partial charge < -0.3 is 10.0 Å². The number of hydrogen-bond acceptors (Lipinski definition) is 6. The number of aromatic nitrogens is 6. The first-order valence-corrected chi connectivity index (χ1v) is 8.14. The van der Waals surface area contributed by atoms with Crippen LogP contribution in [0.5, 0.6) is 0 Å². The third kappa shape index (κ3) is 2.43.